The molecule has 20 heavy (non-hydrogen) atoms. The number of nitrogens with zero attached hydrogens (tertiary/aromatic N) is 1. The second kappa shape index (κ2) is 6.26. The van der Waals surface area contributed by atoms with Crippen molar-refractivity contribution in [1.82, 2.24) is 4.31 Å². The molecule has 1 aromatic rings. The molecule has 1 aliphatic heterocycles. The van der Waals surface area contributed by atoms with Gasteiger partial charge in [-0.05, 0) is 37.0 Å². The molecule has 0 aromatic heterocycles. The molecule has 0 aliphatic carbocycles. The Kier molecular flexibility index (Phi) is 4.85. The SMILES string of the molecule is O=S(=O)(Nc1cc(F)cc(Cl)c1)N1CCCC(CO)C1. The van der Waals surface area contributed by atoms with Crippen LogP contribution in [0.4, 0.5) is 10.1 Å². The lowest BCUT2D eigenvalue weighted by molar-refractivity contribution is 0.166. The summed E-state index contributed by atoms with van der Waals surface area (Å²) in [6.45, 7) is 0.599. The van der Waals surface area contributed by atoms with E-state index in [0.717, 1.165) is 18.6 Å². The molecule has 0 saturated carbocycles. The fourth-order valence-corrected chi connectivity index (χ4v) is 3.76. The first-order valence-corrected chi connectivity index (χ1v) is 8.07. The molecule has 0 spiro atoms. The first kappa shape index (κ1) is 15.5. The first-order chi connectivity index (χ1) is 9.40. The lowest BCUT2D eigenvalue weighted by atomic mass is 10.0. The average molecular weight is 323 g/mol. The Hall–Kier alpha value is -0.890. The third kappa shape index (κ3) is 3.82. The molecule has 1 aliphatic rings. The van der Waals surface area contributed by atoms with Crippen molar-refractivity contribution in [2.45, 2.75) is 12.8 Å². The molecular formula is C12H16ClFN2O3S. The number of hydrogen-bond acceptors (Lipinski definition) is 3. The minimum atomic E-state index is -3.77. The number of nitrogens with one attached hydrogen (secondary N) is 1. The molecule has 2 rings (SSSR count). The van der Waals surface area contributed by atoms with E-state index in [1.807, 2.05) is 0 Å². The van der Waals surface area contributed by atoms with Crippen molar-refractivity contribution >= 4 is 27.5 Å². The maximum absolute atomic E-state index is 13.2. The summed E-state index contributed by atoms with van der Waals surface area (Å²) in [4.78, 5) is 0. The van der Waals surface area contributed by atoms with E-state index < -0.39 is 16.0 Å². The van der Waals surface area contributed by atoms with Gasteiger partial charge >= 0.3 is 10.2 Å². The topological polar surface area (TPSA) is 69.6 Å². The molecule has 0 bridgehead atoms. The molecule has 1 saturated heterocycles. The molecule has 8 heteroatoms. The van der Waals surface area contributed by atoms with Crippen molar-refractivity contribution in [1.29, 1.82) is 0 Å². The third-order valence-electron chi connectivity index (χ3n) is 3.19. The molecular weight excluding hydrogens is 307 g/mol. The van der Waals surface area contributed by atoms with E-state index in [1.54, 1.807) is 0 Å². The van der Waals surface area contributed by atoms with Gasteiger partial charge < -0.3 is 5.11 Å². The van der Waals surface area contributed by atoms with Crippen molar-refractivity contribution in [2.24, 2.45) is 5.92 Å². The minimum absolute atomic E-state index is 0.0438. The van der Waals surface area contributed by atoms with E-state index in [4.69, 9.17) is 16.7 Å². The zero-order chi connectivity index (χ0) is 14.8. The number of aliphatic hydroxyl groups is 1. The van der Waals surface area contributed by atoms with Crippen LogP contribution in [0.25, 0.3) is 0 Å². The Morgan fingerprint density at radius 3 is 2.85 bits per heavy atom. The summed E-state index contributed by atoms with van der Waals surface area (Å²) in [6, 6.07) is 3.51. The van der Waals surface area contributed by atoms with Gasteiger partial charge in [0.05, 0.1) is 5.69 Å². The van der Waals surface area contributed by atoms with Gasteiger partial charge in [0.15, 0.2) is 0 Å². The number of anilines is 1. The summed E-state index contributed by atoms with van der Waals surface area (Å²) in [7, 11) is -3.77. The molecule has 0 amide bonds. The highest BCUT2D eigenvalue weighted by molar-refractivity contribution is 7.90. The van der Waals surface area contributed by atoms with Gasteiger partial charge in [-0.2, -0.15) is 12.7 Å². The molecule has 0 radical (unpaired) electrons. The molecule has 1 unspecified atom stereocenters. The van der Waals surface area contributed by atoms with Gasteiger partial charge in [0.1, 0.15) is 5.82 Å². The van der Waals surface area contributed by atoms with E-state index >= 15 is 0 Å². The van der Waals surface area contributed by atoms with Crippen molar-refractivity contribution in [3.8, 4) is 0 Å². The summed E-state index contributed by atoms with van der Waals surface area (Å²) in [5.74, 6) is -0.668. The number of halogens is 2. The van der Waals surface area contributed by atoms with Gasteiger partial charge in [-0.15, -0.1) is 0 Å². The molecule has 1 fully saturated rings. The third-order valence-corrected chi connectivity index (χ3v) is 4.91. The molecule has 112 valence electrons. The van der Waals surface area contributed by atoms with Crippen LogP contribution in [0, 0.1) is 11.7 Å². The van der Waals surface area contributed by atoms with Crippen molar-refractivity contribution < 1.29 is 17.9 Å². The van der Waals surface area contributed by atoms with E-state index in [-0.39, 0.29) is 29.8 Å². The largest absolute Gasteiger partial charge is 0.396 e. The summed E-state index contributed by atoms with van der Waals surface area (Å²) in [5.41, 5.74) is 0.0844. The van der Waals surface area contributed by atoms with Gasteiger partial charge in [0.25, 0.3) is 0 Å². The quantitative estimate of drug-likeness (QED) is 0.888. The van der Waals surface area contributed by atoms with Crippen molar-refractivity contribution in [3.63, 3.8) is 0 Å². The summed E-state index contributed by atoms with van der Waals surface area (Å²) >= 11 is 5.69. The predicted octanol–water partition coefficient (Wildman–Crippen LogP) is 1.84. The van der Waals surface area contributed by atoms with Crippen molar-refractivity contribution in [2.75, 3.05) is 24.4 Å². The van der Waals surface area contributed by atoms with Gasteiger partial charge in [-0.25, -0.2) is 4.39 Å². The number of benzene rings is 1. The van der Waals surface area contributed by atoms with E-state index in [0.29, 0.717) is 13.0 Å². The Morgan fingerprint density at radius 2 is 2.20 bits per heavy atom. The van der Waals surface area contributed by atoms with Crippen LogP contribution in [-0.2, 0) is 10.2 Å². The van der Waals surface area contributed by atoms with Crippen LogP contribution in [0.1, 0.15) is 12.8 Å². The van der Waals surface area contributed by atoms with Crippen LogP contribution in [0.3, 0.4) is 0 Å². The maximum atomic E-state index is 13.2. The van der Waals surface area contributed by atoms with Gasteiger partial charge in [-0.3, -0.25) is 4.72 Å². The van der Waals surface area contributed by atoms with Gasteiger partial charge in [0, 0.05) is 24.7 Å². The molecule has 1 atom stereocenters. The lowest BCUT2D eigenvalue weighted by Crippen LogP contribution is -2.43. The predicted molar refractivity (Wildman–Crippen MR) is 75.3 cm³/mol. The highest BCUT2D eigenvalue weighted by atomic mass is 35.5. The van der Waals surface area contributed by atoms with Gasteiger partial charge in [0.2, 0.25) is 0 Å². The number of aliphatic hydroxyl groups excluding tert-OH is 1. The number of piperidine rings is 1. The Balaban J connectivity index is 2.14. The standard InChI is InChI=1S/C12H16ClFN2O3S/c13-10-4-11(14)6-12(5-10)15-20(18,19)16-3-1-2-9(7-16)8-17/h4-6,9,15,17H,1-3,7-8H2. The Morgan fingerprint density at radius 1 is 1.45 bits per heavy atom. The Labute approximate surface area is 122 Å². The van der Waals surface area contributed by atoms with Crippen LogP contribution in [0.15, 0.2) is 18.2 Å². The lowest BCUT2D eigenvalue weighted by Gasteiger charge is -2.31. The summed E-state index contributed by atoms with van der Waals surface area (Å²) in [5, 5.41) is 9.25. The van der Waals surface area contributed by atoms with Crippen molar-refractivity contribution in [3.05, 3.63) is 29.0 Å². The second-order valence-corrected chi connectivity index (χ2v) is 6.92. The summed E-state index contributed by atoms with van der Waals surface area (Å²) in [6.07, 6.45) is 1.49. The molecule has 1 aromatic carbocycles. The molecule has 1 heterocycles. The average Bonchev–Trinajstić information content (AvgIpc) is 2.37. The highest BCUT2D eigenvalue weighted by Gasteiger charge is 2.28. The van der Waals surface area contributed by atoms with Crippen LogP contribution in [0.2, 0.25) is 5.02 Å². The molecule has 5 nitrogen and oxygen atoms in total. The molecule has 2 N–H and O–H groups in total. The monoisotopic (exact) mass is 322 g/mol. The first-order valence-electron chi connectivity index (χ1n) is 6.25. The zero-order valence-electron chi connectivity index (χ0n) is 10.7. The van der Waals surface area contributed by atoms with Crippen LogP contribution >= 0.6 is 11.6 Å². The van der Waals surface area contributed by atoms with E-state index in [1.165, 1.54) is 10.4 Å². The zero-order valence-corrected chi connectivity index (χ0v) is 12.3. The van der Waals surface area contributed by atoms with Gasteiger partial charge in [-0.1, -0.05) is 11.6 Å². The number of hydrogen-bond donors (Lipinski definition) is 2. The fraction of sp³-hybridized carbons (Fsp3) is 0.500. The smallest absolute Gasteiger partial charge is 0.301 e. The number of rotatable bonds is 4. The van der Waals surface area contributed by atoms with E-state index in [2.05, 4.69) is 4.72 Å². The second-order valence-electron chi connectivity index (χ2n) is 4.81. The normalized spacial score (nSPS) is 20.9. The Bertz CT molecular complexity index is 562. The van der Waals surface area contributed by atoms with Crippen LogP contribution in [-0.4, -0.2) is 37.5 Å². The maximum Gasteiger partial charge on any atom is 0.301 e. The van der Waals surface area contributed by atoms with Crippen LogP contribution in [0.5, 0.6) is 0 Å². The van der Waals surface area contributed by atoms with Crippen LogP contribution < -0.4 is 4.72 Å². The fourth-order valence-electron chi connectivity index (χ4n) is 2.22. The summed E-state index contributed by atoms with van der Waals surface area (Å²) < 4.78 is 41.2. The highest BCUT2D eigenvalue weighted by Crippen LogP contribution is 2.23. The minimum Gasteiger partial charge on any atom is -0.396 e. The van der Waals surface area contributed by atoms with E-state index in [9.17, 15) is 12.8 Å².